The number of thiophene rings is 1. The number of hydrogen-bond donors (Lipinski definition) is 1. The zero-order valence-electron chi connectivity index (χ0n) is 17.1. The molecule has 0 amide bonds. The maximum atomic E-state index is 10.7. The van der Waals surface area contributed by atoms with Crippen molar-refractivity contribution in [3.63, 3.8) is 0 Å². The Balaban J connectivity index is 1.61. The number of aliphatic hydroxyl groups excluding tert-OH is 1. The van der Waals surface area contributed by atoms with Gasteiger partial charge in [-0.05, 0) is 70.0 Å². The smallest absolute Gasteiger partial charge is 0.122 e. The summed E-state index contributed by atoms with van der Waals surface area (Å²) in [7, 11) is 0. The molecule has 3 rings (SSSR count). The molecule has 1 atom stereocenters. The van der Waals surface area contributed by atoms with Crippen LogP contribution in [0.5, 0.6) is 5.75 Å². The Hall–Kier alpha value is -1.36. The van der Waals surface area contributed by atoms with Gasteiger partial charge in [0, 0.05) is 28.9 Å². The van der Waals surface area contributed by atoms with E-state index < -0.39 is 6.10 Å². The molecule has 0 aliphatic carbocycles. The van der Waals surface area contributed by atoms with E-state index in [1.807, 2.05) is 18.2 Å². The Labute approximate surface area is 168 Å². The minimum atomic E-state index is -0.503. The van der Waals surface area contributed by atoms with Crippen LogP contribution in [-0.2, 0) is 6.42 Å². The predicted molar refractivity (Wildman–Crippen MR) is 114 cm³/mol. The number of ether oxygens (including phenoxy) is 1. The van der Waals surface area contributed by atoms with Crippen LogP contribution >= 0.6 is 11.3 Å². The summed E-state index contributed by atoms with van der Waals surface area (Å²) in [5.41, 5.74) is 1.39. The van der Waals surface area contributed by atoms with Gasteiger partial charge in [0.05, 0.1) is 0 Å². The summed E-state index contributed by atoms with van der Waals surface area (Å²) in [5.74, 6) is 0.877. The highest BCUT2D eigenvalue weighted by atomic mass is 32.1. The quantitative estimate of drug-likeness (QED) is 0.715. The molecule has 1 aromatic carbocycles. The lowest BCUT2D eigenvalue weighted by atomic mass is 9.79. The fraction of sp³-hybridized carbons (Fsp3) is 0.565. The first kappa shape index (κ1) is 20.4. The first-order valence-corrected chi connectivity index (χ1v) is 10.8. The van der Waals surface area contributed by atoms with Crippen molar-refractivity contribution < 1.29 is 9.84 Å². The minimum Gasteiger partial charge on any atom is -0.491 e. The fourth-order valence-corrected chi connectivity index (χ4v) is 5.11. The van der Waals surface area contributed by atoms with Crippen molar-refractivity contribution in [1.29, 1.82) is 0 Å². The van der Waals surface area contributed by atoms with Gasteiger partial charge in [-0.2, -0.15) is 0 Å². The molecule has 0 bridgehead atoms. The van der Waals surface area contributed by atoms with E-state index >= 15 is 0 Å². The molecule has 3 nitrogen and oxygen atoms in total. The van der Waals surface area contributed by atoms with Gasteiger partial charge in [0.2, 0.25) is 0 Å². The van der Waals surface area contributed by atoms with E-state index in [9.17, 15) is 5.11 Å². The molecule has 1 aliphatic heterocycles. The second-order valence-corrected chi connectivity index (χ2v) is 9.95. The van der Waals surface area contributed by atoms with E-state index in [0.29, 0.717) is 13.2 Å². The van der Waals surface area contributed by atoms with Gasteiger partial charge in [-0.1, -0.05) is 24.3 Å². The molecular formula is C23H33NO2S. The summed E-state index contributed by atoms with van der Waals surface area (Å²) < 4.78 is 6.05. The second kappa shape index (κ2) is 8.34. The highest BCUT2D eigenvalue weighted by Gasteiger charge is 2.41. The molecule has 2 heterocycles. The number of likely N-dealkylation sites (tertiary alicyclic amines) is 1. The van der Waals surface area contributed by atoms with Gasteiger partial charge in [0.25, 0.3) is 0 Å². The molecule has 1 aromatic heterocycles. The summed E-state index contributed by atoms with van der Waals surface area (Å²) in [6.45, 7) is 10.1. The van der Waals surface area contributed by atoms with E-state index in [1.54, 1.807) is 11.3 Å². The number of rotatable bonds is 7. The van der Waals surface area contributed by atoms with Crippen LogP contribution < -0.4 is 4.74 Å². The minimum absolute atomic E-state index is 0.111. The number of β-amino-alcohol motifs (C(OH)–C–C–N with tert-alkyl or cyclic N) is 1. The van der Waals surface area contributed by atoms with Gasteiger partial charge < -0.3 is 9.84 Å². The standard InChI is InChI=1S/C23H33NO2S/c1-22(2)12-8-13-23(3,4)24(22)16-19(25)17-26-21-11-6-5-9-18(21)15-20-10-7-14-27-20/h5-7,9-11,14,19,25H,8,12-13,15-17H2,1-4H3. The molecule has 2 aromatic rings. The maximum Gasteiger partial charge on any atom is 0.122 e. The summed E-state index contributed by atoms with van der Waals surface area (Å²) in [5, 5.41) is 12.8. The molecule has 148 valence electrons. The van der Waals surface area contributed by atoms with Gasteiger partial charge in [0.1, 0.15) is 18.5 Å². The van der Waals surface area contributed by atoms with Crippen molar-refractivity contribution in [3.05, 3.63) is 52.2 Å². The second-order valence-electron chi connectivity index (χ2n) is 8.92. The van der Waals surface area contributed by atoms with Gasteiger partial charge >= 0.3 is 0 Å². The zero-order valence-corrected chi connectivity index (χ0v) is 17.9. The van der Waals surface area contributed by atoms with Gasteiger partial charge in [0.15, 0.2) is 0 Å². The molecule has 1 unspecified atom stereocenters. The lowest BCUT2D eigenvalue weighted by Crippen LogP contribution is -2.60. The van der Waals surface area contributed by atoms with E-state index in [4.69, 9.17) is 4.74 Å². The average Bonchev–Trinajstić information content (AvgIpc) is 3.10. The topological polar surface area (TPSA) is 32.7 Å². The van der Waals surface area contributed by atoms with Crippen molar-refractivity contribution >= 4 is 11.3 Å². The number of hydrogen-bond acceptors (Lipinski definition) is 4. The van der Waals surface area contributed by atoms with Gasteiger partial charge in [-0.15, -0.1) is 11.3 Å². The summed E-state index contributed by atoms with van der Waals surface area (Å²) in [6, 6.07) is 12.4. The van der Waals surface area contributed by atoms with Crippen LogP contribution in [-0.4, -0.2) is 40.3 Å². The molecule has 1 fully saturated rings. The third kappa shape index (κ3) is 5.13. The largest absolute Gasteiger partial charge is 0.491 e. The predicted octanol–water partition coefficient (Wildman–Crippen LogP) is 5.12. The third-order valence-corrected chi connectivity index (χ3v) is 6.66. The summed E-state index contributed by atoms with van der Waals surface area (Å²) >= 11 is 1.76. The van der Waals surface area contributed by atoms with E-state index in [0.717, 1.165) is 12.2 Å². The molecule has 4 heteroatoms. The first-order valence-electron chi connectivity index (χ1n) is 9.97. The SMILES string of the molecule is CC1(C)CCCC(C)(C)N1CC(O)COc1ccccc1Cc1cccs1. The fourth-order valence-electron chi connectivity index (χ4n) is 4.38. The number of para-hydroxylation sites is 1. The Kier molecular flexibility index (Phi) is 6.29. The van der Waals surface area contributed by atoms with Crippen molar-refractivity contribution in [2.45, 2.75) is 70.6 Å². The van der Waals surface area contributed by atoms with Crippen LogP contribution in [0.3, 0.4) is 0 Å². The van der Waals surface area contributed by atoms with Crippen LogP contribution in [0.4, 0.5) is 0 Å². The highest BCUT2D eigenvalue weighted by Crippen LogP contribution is 2.38. The van der Waals surface area contributed by atoms with Crippen LogP contribution in [0.25, 0.3) is 0 Å². The van der Waals surface area contributed by atoms with Crippen LogP contribution in [0.2, 0.25) is 0 Å². The van der Waals surface area contributed by atoms with Crippen LogP contribution in [0, 0.1) is 0 Å². The van der Waals surface area contributed by atoms with Crippen molar-refractivity contribution in [3.8, 4) is 5.75 Å². The molecule has 27 heavy (non-hydrogen) atoms. The summed E-state index contributed by atoms with van der Waals surface area (Å²) in [6.07, 6.45) is 3.97. The lowest BCUT2D eigenvalue weighted by Gasteiger charge is -2.53. The zero-order chi connectivity index (χ0) is 19.5. The lowest BCUT2D eigenvalue weighted by molar-refractivity contribution is -0.0607. The number of piperidine rings is 1. The first-order chi connectivity index (χ1) is 12.8. The monoisotopic (exact) mass is 387 g/mol. The van der Waals surface area contributed by atoms with Gasteiger partial charge in [-0.3, -0.25) is 4.90 Å². The van der Waals surface area contributed by atoms with Gasteiger partial charge in [-0.25, -0.2) is 0 Å². The molecule has 1 aliphatic rings. The highest BCUT2D eigenvalue weighted by molar-refractivity contribution is 7.09. The van der Waals surface area contributed by atoms with E-state index in [2.05, 4.69) is 56.2 Å². The molecule has 0 saturated carbocycles. The Morgan fingerprint density at radius 2 is 1.78 bits per heavy atom. The van der Waals surface area contributed by atoms with Crippen molar-refractivity contribution in [2.24, 2.45) is 0 Å². The average molecular weight is 388 g/mol. The number of benzene rings is 1. The Bertz CT molecular complexity index is 708. The van der Waals surface area contributed by atoms with E-state index in [-0.39, 0.29) is 11.1 Å². The molecular weight excluding hydrogens is 354 g/mol. The number of aliphatic hydroxyl groups is 1. The van der Waals surface area contributed by atoms with E-state index in [1.165, 1.54) is 29.7 Å². The normalized spacial score (nSPS) is 20.3. The van der Waals surface area contributed by atoms with Crippen LogP contribution in [0.1, 0.15) is 57.4 Å². The Morgan fingerprint density at radius 1 is 1.07 bits per heavy atom. The molecule has 1 N–H and O–H groups in total. The third-order valence-electron chi connectivity index (χ3n) is 5.78. The summed E-state index contributed by atoms with van der Waals surface area (Å²) in [4.78, 5) is 3.79. The Morgan fingerprint density at radius 3 is 2.44 bits per heavy atom. The van der Waals surface area contributed by atoms with Crippen molar-refractivity contribution in [1.82, 2.24) is 4.90 Å². The number of nitrogens with zero attached hydrogens (tertiary/aromatic N) is 1. The molecule has 0 spiro atoms. The molecule has 0 radical (unpaired) electrons. The van der Waals surface area contributed by atoms with Crippen molar-refractivity contribution in [2.75, 3.05) is 13.2 Å². The molecule has 1 saturated heterocycles. The van der Waals surface area contributed by atoms with Crippen LogP contribution in [0.15, 0.2) is 41.8 Å². The maximum absolute atomic E-state index is 10.7.